The molecule has 1 aromatic heterocycles. The number of benzene rings is 15. The molecule has 25 heteroatoms. The summed E-state index contributed by atoms with van der Waals surface area (Å²) in [7, 11) is 13.0. The number of methoxy groups -OCH3 is 8. The summed E-state index contributed by atoms with van der Waals surface area (Å²) >= 11 is 0. The molecule has 638 valence electrons. The average molecular weight is 1760 g/mol. The molecule has 0 amide bonds. The Balaban J connectivity index is 0.0000104. The van der Waals surface area contributed by atoms with Gasteiger partial charge in [-0.3, -0.25) is 0 Å². The minimum Gasteiger partial charge on any atom is -0.497 e. The van der Waals surface area contributed by atoms with Crippen molar-refractivity contribution in [1.29, 1.82) is 0 Å². The molecule has 24 nitrogen and oxygen atoms in total. The van der Waals surface area contributed by atoms with Gasteiger partial charge >= 0.3 is 17.1 Å². The van der Waals surface area contributed by atoms with E-state index in [4.69, 9.17) is 116 Å². The molecule has 0 fully saturated rings. The van der Waals surface area contributed by atoms with Gasteiger partial charge in [-0.25, -0.2) is 25.0 Å². The first kappa shape index (κ1) is 81.0. The second-order valence-corrected chi connectivity index (χ2v) is 30.4. The number of hydrogen-bond acceptors (Lipinski definition) is 23. The number of nitrogens with zero attached hydrogens (tertiary/aromatic N) is 8. The molecule has 3 atom stereocenters. The van der Waals surface area contributed by atoms with Crippen LogP contribution in [0.15, 0.2) is 314 Å². The molecule has 0 saturated heterocycles. The van der Waals surface area contributed by atoms with Gasteiger partial charge in [0.15, 0.2) is 63.8 Å². The van der Waals surface area contributed by atoms with Crippen LogP contribution in [0.5, 0.6) is 138 Å². The number of aliphatic imine (C=N–C) groups is 5. The zero-order chi connectivity index (χ0) is 86.6. The van der Waals surface area contributed by atoms with Crippen LogP contribution in [-0.4, -0.2) is 92.2 Å². The zero-order valence-corrected chi connectivity index (χ0v) is 71.3. The Morgan fingerprint density at radius 3 is 0.721 bits per heavy atom. The Labute approximate surface area is 748 Å². The van der Waals surface area contributed by atoms with Crippen LogP contribution in [0.2, 0.25) is 0 Å². The van der Waals surface area contributed by atoms with Crippen LogP contribution in [0.1, 0.15) is 22.3 Å². The fraction of sp³-hybridized carbons (Fsp3) is 0.106. The SMILES string of the molecule is COc1ccc(Oc2cc3c(cc2Oc2ccc(OC)cc2)=CC2C4N=C(N=C5N=C(N=c6[n-]c(c7cc8cc(Oc9ccc(OC)cc9)c(Oc9ccc(OC)cc9)cc8cc67)=NC6=N/C(=N\4)c4cc7cc(Oc8ccc(OC)cc8)c(Oc8ccc(OC)cc8)cc7cc46)c4cc6cc(Oc7ccc(OC)cc7)c(Oc7ccc(OC)cc7)cc6cc45)C2C=3)cc1.[Cu+]. The summed E-state index contributed by atoms with van der Waals surface area (Å²) in [6.07, 6.45) is 3.46. The van der Waals surface area contributed by atoms with Crippen molar-refractivity contribution in [3.05, 3.63) is 323 Å². The van der Waals surface area contributed by atoms with E-state index >= 15 is 0 Å². The maximum Gasteiger partial charge on any atom is 1.00 e. The fourth-order valence-corrected chi connectivity index (χ4v) is 16.0. The summed E-state index contributed by atoms with van der Waals surface area (Å²) in [6.45, 7) is 0. The fourth-order valence-electron chi connectivity index (χ4n) is 16.0. The molecule has 0 spiro atoms. The molecular weight excluding hydrogens is 1680 g/mol. The Bertz CT molecular complexity index is 7580. The van der Waals surface area contributed by atoms with E-state index in [1.165, 1.54) is 0 Å². The zero-order valence-electron chi connectivity index (χ0n) is 70.4. The summed E-state index contributed by atoms with van der Waals surface area (Å²) in [5.41, 5.74) is 3.12. The van der Waals surface area contributed by atoms with Gasteiger partial charge in [0.1, 0.15) is 97.8 Å². The van der Waals surface area contributed by atoms with Gasteiger partial charge < -0.3 is 90.8 Å². The molecule has 5 heterocycles. The van der Waals surface area contributed by atoms with Crippen molar-refractivity contribution in [2.24, 2.45) is 46.8 Å². The Morgan fingerprint density at radius 2 is 0.450 bits per heavy atom. The van der Waals surface area contributed by atoms with E-state index in [1.807, 2.05) is 273 Å². The van der Waals surface area contributed by atoms with Crippen LogP contribution in [0.3, 0.4) is 0 Å². The van der Waals surface area contributed by atoms with E-state index in [-0.39, 0.29) is 28.0 Å². The maximum atomic E-state index is 6.81. The van der Waals surface area contributed by atoms with Gasteiger partial charge in [-0.05, 0) is 333 Å². The minimum absolute atomic E-state index is 0. The van der Waals surface area contributed by atoms with Crippen LogP contribution in [0.25, 0.3) is 55.2 Å². The predicted octanol–water partition coefficient (Wildman–Crippen LogP) is 20.6. The second kappa shape index (κ2) is 34.3. The second-order valence-electron chi connectivity index (χ2n) is 30.4. The van der Waals surface area contributed by atoms with E-state index in [0.29, 0.717) is 200 Å². The molecular formula is C104H75CuN8O16. The van der Waals surface area contributed by atoms with Crippen LogP contribution in [0, 0.1) is 11.8 Å². The van der Waals surface area contributed by atoms with Gasteiger partial charge in [0, 0.05) is 45.1 Å². The van der Waals surface area contributed by atoms with Gasteiger partial charge in [-0.2, -0.15) is 0 Å². The first-order valence-electron chi connectivity index (χ1n) is 40.9. The molecule has 3 unspecified atom stereocenters. The summed E-state index contributed by atoms with van der Waals surface area (Å²) in [5.74, 6) is 13.7. The van der Waals surface area contributed by atoms with Crippen molar-refractivity contribution in [3.8, 4) is 138 Å². The van der Waals surface area contributed by atoms with Gasteiger partial charge in [0.25, 0.3) is 0 Å². The van der Waals surface area contributed by atoms with Crippen molar-refractivity contribution in [3.63, 3.8) is 0 Å². The Kier molecular flexibility index (Phi) is 21.5. The van der Waals surface area contributed by atoms with Crippen LogP contribution >= 0.6 is 0 Å². The first-order chi connectivity index (χ1) is 62.8. The van der Waals surface area contributed by atoms with Gasteiger partial charge in [0.2, 0.25) is 0 Å². The molecule has 4 aliphatic heterocycles. The van der Waals surface area contributed by atoms with Crippen molar-refractivity contribution >= 4 is 84.4 Å². The van der Waals surface area contributed by atoms with Crippen molar-refractivity contribution in [1.82, 2.24) is 4.98 Å². The van der Waals surface area contributed by atoms with E-state index in [2.05, 4.69) is 18.2 Å². The molecule has 15 aromatic carbocycles. The molecule has 1 aliphatic carbocycles. The predicted molar refractivity (Wildman–Crippen MR) is 488 cm³/mol. The number of aromatic nitrogens is 1. The third kappa shape index (κ3) is 16.2. The van der Waals surface area contributed by atoms with E-state index < -0.39 is 18.0 Å². The van der Waals surface area contributed by atoms with Crippen molar-refractivity contribution < 1.29 is 92.9 Å². The van der Waals surface area contributed by atoms with E-state index in [9.17, 15) is 0 Å². The Hall–Kier alpha value is -16.4. The molecule has 0 saturated carbocycles. The number of rotatable bonds is 24. The van der Waals surface area contributed by atoms with Crippen LogP contribution < -0.4 is 102 Å². The van der Waals surface area contributed by atoms with Crippen LogP contribution in [-0.2, 0) is 17.1 Å². The van der Waals surface area contributed by atoms with Crippen molar-refractivity contribution in [2.75, 3.05) is 56.9 Å². The minimum atomic E-state index is -0.884. The standard InChI is InChI=1S/C104H75N8O16.Cu/c1-113-65-9-25-73(26-10-65)121-89-49-57-41-81-82(42-58(57)50-90(89)122-74-27-11-66(114-2)12-28-74)98-105-97(81)109-99-83-43-59-51-91(123-75-29-13-67(115-3)14-30-75)92(124-76-31-15-68(116-4)16-32-76)52-60(59)44-84(83)101(106-99)111-103-87-47-63-55-95(127-79-37-21-71(119-7)22-38-79)96(128-80-39-23-72(120-8)24-40-80)56-64(63)48-88(87)104(108-103)112-102-86-46-62-54-94(126-78-35-19-70(118-6)20-36-78)93(125-77-33-17-69(117-5)18-34-77)53-61(62)45-85(86)100(107-102)110-98;/h9-56,81-82,97H,1-8H3;/q-1;+1. The molecule has 8 bridgehead atoms. The largest absolute Gasteiger partial charge is 1.00 e. The number of amidine groups is 5. The van der Waals surface area contributed by atoms with E-state index in [1.54, 1.807) is 56.9 Å². The van der Waals surface area contributed by atoms with Gasteiger partial charge in [-0.15, -0.1) is 0 Å². The molecule has 16 aromatic rings. The molecule has 21 rings (SSSR count). The smallest absolute Gasteiger partial charge is 0.497 e. The van der Waals surface area contributed by atoms with Gasteiger partial charge in [-0.1, -0.05) is 12.2 Å². The third-order valence-electron chi connectivity index (χ3n) is 22.6. The summed E-state index contributed by atoms with van der Waals surface area (Å²) in [5, 5.41) is 7.42. The monoisotopic (exact) mass is 1750 g/mol. The summed E-state index contributed by atoms with van der Waals surface area (Å²) in [6, 6.07) is 86.7. The molecule has 0 radical (unpaired) electrons. The average Bonchev–Trinajstić information content (AvgIpc) is 1.58. The molecule has 0 N–H and O–H groups in total. The maximum absolute atomic E-state index is 6.81. The molecule has 5 aliphatic rings. The Morgan fingerprint density at radius 1 is 0.225 bits per heavy atom. The first-order valence-corrected chi connectivity index (χ1v) is 40.9. The summed E-state index contributed by atoms with van der Waals surface area (Å²) in [4.78, 5) is 44.9. The third-order valence-corrected chi connectivity index (χ3v) is 22.6. The number of fused-ring (bicyclic) bond motifs is 21. The van der Waals surface area contributed by atoms with Crippen LogP contribution in [0.4, 0.5) is 0 Å². The normalized spacial score (nSPS) is 15.1. The number of hydrogen-bond donors (Lipinski definition) is 0. The topological polar surface area (TPSA) is 248 Å². The quantitative estimate of drug-likeness (QED) is 0.0510. The summed E-state index contributed by atoms with van der Waals surface area (Å²) < 4.78 is 98.8. The molecule has 129 heavy (non-hydrogen) atoms. The van der Waals surface area contributed by atoms with Gasteiger partial charge in [0.05, 0.1) is 68.5 Å². The van der Waals surface area contributed by atoms with Crippen molar-refractivity contribution in [2.45, 2.75) is 6.17 Å². The number of ether oxygens (including phenoxy) is 16. The van der Waals surface area contributed by atoms with E-state index in [0.717, 1.165) is 42.8 Å².